The third kappa shape index (κ3) is 1.25. The van der Waals surface area contributed by atoms with Crippen molar-refractivity contribution >= 4 is 32.8 Å². The van der Waals surface area contributed by atoms with Gasteiger partial charge in [0.05, 0.1) is 5.69 Å². The van der Waals surface area contributed by atoms with Gasteiger partial charge in [0, 0.05) is 20.7 Å². The Morgan fingerprint density at radius 2 is 2.08 bits per heavy atom. The highest BCUT2D eigenvalue weighted by atomic mass is 32.1. The van der Waals surface area contributed by atoms with Crippen molar-refractivity contribution in [1.82, 2.24) is 0 Å². The summed E-state index contributed by atoms with van der Waals surface area (Å²) >= 11 is 1.75. The Kier molecular flexibility index (Phi) is 1.88. The van der Waals surface area contributed by atoms with Gasteiger partial charge in [-0.3, -0.25) is 0 Å². The Morgan fingerprint density at radius 1 is 1.31 bits per heavy atom. The van der Waals surface area contributed by atoms with Gasteiger partial charge < -0.3 is 11.5 Å². The van der Waals surface area contributed by atoms with E-state index < -0.39 is 0 Å². The lowest BCUT2D eigenvalue weighted by molar-refractivity contribution is 1.19. The maximum absolute atomic E-state index is 5.97. The van der Waals surface area contributed by atoms with E-state index in [1.54, 1.807) is 11.3 Å². The highest BCUT2D eigenvalue weighted by molar-refractivity contribution is 7.19. The van der Waals surface area contributed by atoms with Gasteiger partial charge in [0.1, 0.15) is 0 Å². The normalized spacial score (nSPS) is 10.8. The van der Waals surface area contributed by atoms with Gasteiger partial charge >= 0.3 is 0 Å². The molecule has 0 unspecified atom stereocenters. The second kappa shape index (κ2) is 2.92. The average Bonchev–Trinajstić information content (AvgIpc) is 2.44. The first-order valence-electron chi connectivity index (χ1n) is 4.28. The smallest absolute Gasteiger partial charge is 0.0536 e. The maximum Gasteiger partial charge on any atom is 0.0536 e. The summed E-state index contributed by atoms with van der Waals surface area (Å²) in [6.07, 6.45) is 0.991. The van der Waals surface area contributed by atoms with Crippen molar-refractivity contribution in [3.63, 3.8) is 0 Å². The summed E-state index contributed by atoms with van der Waals surface area (Å²) in [5.74, 6) is 0. The van der Waals surface area contributed by atoms with Gasteiger partial charge in [-0.2, -0.15) is 0 Å². The number of thiophene rings is 1. The largest absolute Gasteiger partial charge is 0.399 e. The van der Waals surface area contributed by atoms with Crippen LogP contribution in [0.2, 0.25) is 0 Å². The third-order valence-electron chi connectivity index (χ3n) is 2.15. The molecule has 0 saturated carbocycles. The Bertz CT molecular complexity index is 445. The fourth-order valence-electron chi connectivity index (χ4n) is 1.45. The minimum atomic E-state index is 0.777. The van der Waals surface area contributed by atoms with E-state index in [0.29, 0.717) is 0 Å². The highest BCUT2D eigenvalue weighted by Crippen LogP contribution is 2.34. The standard InChI is InChI=1S/C10H12N2S/c1-2-8-10(12)7-5-6(11)3-4-9(7)13-8/h3-5H,2,11-12H2,1H3. The fraction of sp³-hybridized carbons (Fsp3) is 0.200. The first-order chi connectivity index (χ1) is 6.22. The molecule has 1 aromatic carbocycles. The highest BCUT2D eigenvalue weighted by Gasteiger charge is 2.06. The van der Waals surface area contributed by atoms with Crippen LogP contribution in [0.3, 0.4) is 0 Å². The molecule has 0 fully saturated rings. The monoisotopic (exact) mass is 192 g/mol. The van der Waals surface area contributed by atoms with E-state index in [9.17, 15) is 0 Å². The summed E-state index contributed by atoms with van der Waals surface area (Å²) in [5, 5.41) is 1.10. The van der Waals surface area contributed by atoms with Crippen LogP contribution in [0.1, 0.15) is 11.8 Å². The van der Waals surface area contributed by atoms with Gasteiger partial charge in [-0.1, -0.05) is 6.92 Å². The predicted molar refractivity (Wildman–Crippen MR) is 60.0 cm³/mol. The van der Waals surface area contributed by atoms with Gasteiger partial charge in [-0.25, -0.2) is 0 Å². The van der Waals surface area contributed by atoms with Gasteiger partial charge in [0.15, 0.2) is 0 Å². The van der Waals surface area contributed by atoms with Crippen molar-refractivity contribution < 1.29 is 0 Å². The van der Waals surface area contributed by atoms with Crippen LogP contribution < -0.4 is 11.5 Å². The number of aryl methyl sites for hydroxylation is 1. The van der Waals surface area contributed by atoms with Gasteiger partial charge in [0.25, 0.3) is 0 Å². The number of nitrogen functional groups attached to an aromatic ring is 2. The number of anilines is 2. The summed E-state index contributed by atoms with van der Waals surface area (Å²) in [6, 6.07) is 5.89. The van der Waals surface area contributed by atoms with E-state index in [-0.39, 0.29) is 0 Å². The maximum atomic E-state index is 5.97. The Hall–Kier alpha value is -1.22. The fourth-order valence-corrected chi connectivity index (χ4v) is 2.49. The molecule has 0 spiro atoms. The van der Waals surface area contributed by atoms with Crippen molar-refractivity contribution in [3.05, 3.63) is 23.1 Å². The molecule has 3 heteroatoms. The molecule has 0 amide bonds. The zero-order chi connectivity index (χ0) is 9.42. The summed E-state index contributed by atoms with van der Waals surface area (Å²) < 4.78 is 1.23. The summed E-state index contributed by atoms with van der Waals surface area (Å²) in [6.45, 7) is 2.12. The lowest BCUT2D eigenvalue weighted by atomic mass is 10.2. The van der Waals surface area contributed by atoms with E-state index >= 15 is 0 Å². The predicted octanol–water partition coefficient (Wildman–Crippen LogP) is 2.63. The lowest BCUT2D eigenvalue weighted by Gasteiger charge is -1.94. The van der Waals surface area contributed by atoms with Crippen LogP contribution in [0.25, 0.3) is 10.1 Å². The molecule has 1 aromatic heterocycles. The second-order valence-electron chi connectivity index (χ2n) is 3.05. The second-order valence-corrected chi connectivity index (χ2v) is 4.18. The minimum absolute atomic E-state index is 0.777. The lowest BCUT2D eigenvalue weighted by Crippen LogP contribution is -1.88. The molecular weight excluding hydrogens is 180 g/mol. The molecule has 13 heavy (non-hydrogen) atoms. The van der Waals surface area contributed by atoms with Crippen molar-refractivity contribution in [3.8, 4) is 0 Å². The zero-order valence-electron chi connectivity index (χ0n) is 7.50. The number of rotatable bonds is 1. The quantitative estimate of drug-likeness (QED) is 0.682. The number of hydrogen-bond donors (Lipinski definition) is 2. The topological polar surface area (TPSA) is 52.0 Å². The van der Waals surface area contributed by atoms with Crippen LogP contribution in [0.15, 0.2) is 18.2 Å². The molecule has 0 saturated heterocycles. The van der Waals surface area contributed by atoms with E-state index in [1.807, 2.05) is 18.2 Å². The number of benzene rings is 1. The third-order valence-corrected chi connectivity index (χ3v) is 3.48. The molecule has 2 nitrogen and oxygen atoms in total. The van der Waals surface area contributed by atoms with Crippen molar-refractivity contribution in [1.29, 1.82) is 0 Å². The van der Waals surface area contributed by atoms with Gasteiger partial charge in [-0.05, 0) is 24.6 Å². The molecule has 4 N–H and O–H groups in total. The molecule has 1 heterocycles. The van der Waals surface area contributed by atoms with Crippen LogP contribution in [-0.4, -0.2) is 0 Å². The van der Waals surface area contributed by atoms with E-state index in [4.69, 9.17) is 11.5 Å². The molecule has 68 valence electrons. The summed E-state index contributed by atoms with van der Waals surface area (Å²) in [5.41, 5.74) is 13.3. The molecule has 2 aromatic rings. The average molecular weight is 192 g/mol. The molecule has 0 aliphatic carbocycles. The van der Waals surface area contributed by atoms with Crippen molar-refractivity contribution in [2.24, 2.45) is 0 Å². The van der Waals surface area contributed by atoms with Crippen LogP contribution in [-0.2, 0) is 6.42 Å². The van der Waals surface area contributed by atoms with Crippen LogP contribution >= 0.6 is 11.3 Å². The first-order valence-corrected chi connectivity index (χ1v) is 5.10. The summed E-state index contributed by atoms with van der Waals surface area (Å²) in [4.78, 5) is 1.25. The Labute approximate surface area is 81.2 Å². The van der Waals surface area contributed by atoms with Crippen molar-refractivity contribution in [2.75, 3.05) is 11.5 Å². The SMILES string of the molecule is CCc1sc2ccc(N)cc2c1N. The first kappa shape index (κ1) is 8.38. The number of fused-ring (bicyclic) bond motifs is 1. The Morgan fingerprint density at radius 3 is 2.77 bits per heavy atom. The molecule has 0 bridgehead atoms. The van der Waals surface area contributed by atoms with Crippen molar-refractivity contribution in [2.45, 2.75) is 13.3 Å². The Balaban J connectivity index is 2.77. The van der Waals surface area contributed by atoms with Crippen LogP contribution in [0.4, 0.5) is 11.4 Å². The van der Waals surface area contributed by atoms with E-state index in [0.717, 1.165) is 23.2 Å². The molecule has 0 radical (unpaired) electrons. The molecule has 2 rings (SSSR count). The molecule has 0 aliphatic heterocycles. The van der Waals surface area contributed by atoms with Gasteiger partial charge in [0.2, 0.25) is 0 Å². The van der Waals surface area contributed by atoms with E-state index in [2.05, 4.69) is 6.92 Å². The van der Waals surface area contributed by atoms with Crippen LogP contribution in [0.5, 0.6) is 0 Å². The zero-order valence-corrected chi connectivity index (χ0v) is 8.32. The van der Waals surface area contributed by atoms with Gasteiger partial charge in [-0.15, -0.1) is 11.3 Å². The number of hydrogen-bond acceptors (Lipinski definition) is 3. The van der Waals surface area contributed by atoms with Crippen LogP contribution in [0, 0.1) is 0 Å². The minimum Gasteiger partial charge on any atom is -0.399 e. The number of nitrogens with two attached hydrogens (primary N) is 2. The molecule has 0 atom stereocenters. The molecular formula is C10H12N2S. The van der Waals surface area contributed by atoms with E-state index in [1.165, 1.54) is 9.58 Å². The molecule has 0 aliphatic rings. The summed E-state index contributed by atoms with van der Waals surface area (Å²) in [7, 11) is 0.